The Kier molecular flexibility index (Phi) is 5.91. The van der Waals surface area contributed by atoms with Gasteiger partial charge in [-0.1, -0.05) is 31.6 Å². The largest absolute Gasteiger partial charge is 0.492 e. The summed E-state index contributed by atoms with van der Waals surface area (Å²) >= 11 is 0. The Balaban J connectivity index is 1.63. The molecule has 3 atom stereocenters. The van der Waals surface area contributed by atoms with Crippen molar-refractivity contribution in [3.05, 3.63) is 40.5 Å². The van der Waals surface area contributed by atoms with Gasteiger partial charge in [0.1, 0.15) is 6.04 Å². The van der Waals surface area contributed by atoms with Crippen molar-refractivity contribution in [3.63, 3.8) is 0 Å². The number of rotatable bonds is 5. The molecule has 0 saturated carbocycles. The summed E-state index contributed by atoms with van der Waals surface area (Å²) in [4.78, 5) is 14.7. The molecule has 3 aliphatic rings. The van der Waals surface area contributed by atoms with Crippen LogP contribution >= 0.6 is 0 Å². The van der Waals surface area contributed by atoms with Gasteiger partial charge in [-0.25, -0.2) is 0 Å². The van der Waals surface area contributed by atoms with Crippen LogP contribution in [0.3, 0.4) is 0 Å². The fourth-order valence-electron chi connectivity index (χ4n) is 5.51. The number of ketones is 1. The molecule has 0 bridgehead atoms. The Bertz CT molecular complexity index is 943. The van der Waals surface area contributed by atoms with Crippen molar-refractivity contribution in [2.24, 2.45) is 11.3 Å². The van der Waals surface area contributed by atoms with Crippen molar-refractivity contribution >= 4 is 5.78 Å². The zero-order valence-electron chi connectivity index (χ0n) is 19.8. The molecular weight excluding hydrogens is 390 g/mol. The van der Waals surface area contributed by atoms with E-state index in [0.717, 1.165) is 48.4 Å². The summed E-state index contributed by atoms with van der Waals surface area (Å²) < 4.78 is 17.1. The standard InChI is InChI=1S/C26H35NO4/c1-16-8-7-10-26(3,4)19(16)12-17(2)21(28)14-20-23-18(9-11-27(20)5)13-22-24(25(23)29-6)31-15-30-22/h8,12-13,19-20H,7,9-11,14-15H2,1-6H3/p+1/b17-12+/t19-,20+/m1/s1. The molecule has 5 heteroatoms. The van der Waals surface area contributed by atoms with Crippen molar-refractivity contribution in [2.75, 3.05) is 27.5 Å². The Morgan fingerprint density at radius 3 is 2.84 bits per heavy atom. The van der Waals surface area contributed by atoms with Gasteiger partial charge >= 0.3 is 0 Å². The number of nitrogens with one attached hydrogen (secondary N) is 1. The van der Waals surface area contributed by atoms with E-state index in [9.17, 15) is 4.79 Å². The summed E-state index contributed by atoms with van der Waals surface area (Å²) in [6.45, 7) is 10.00. The van der Waals surface area contributed by atoms with E-state index in [2.05, 4.69) is 46.0 Å². The maximum atomic E-state index is 13.4. The molecule has 0 amide bonds. The number of likely N-dealkylation sites (N-methyl/N-ethyl adjacent to an activating group) is 1. The monoisotopic (exact) mass is 426 g/mol. The van der Waals surface area contributed by atoms with E-state index in [-0.39, 0.29) is 24.0 Å². The van der Waals surface area contributed by atoms with Gasteiger partial charge in [-0.2, -0.15) is 0 Å². The van der Waals surface area contributed by atoms with Gasteiger partial charge in [0.2, 0.25) is 12.5 Å². The highest BCUT2D eigenvalue weighted by Gasteiger charge is 2.38. The normalized spacial score (nSPS) is 26.8. The molecule has 1 aromatic carbocycles. The van der Waals surface area contributed by atoms with Crippen LogP contribution in [0.4, 0.5) is 0 Å². The van der Waals surface area contributed by atoms with Crippen LogP contribution in [-0.2, 0) is 11.2 Å². The third kappa shape index (κ3) is 4.00. The second-order valence-corrected chi connectivity index (χ2v) is 10.0. The average Bonchev–Trinajstić information content (AvgIpc) is 3.19. The molecule has 1 aliphatic carbocycles. The number of methoxy groups -OCH3 is 1. The van der Waals surface area contributed by atoms with E-state index in [1.807, 2.05) is 6.92 Å². The predicted molar refractivity (Wildman–Crippen MR) is 121 cm³/mol. The van der Waals surface area contributed by atoms with Gasteiger partial charge in [0.15, 0.2) is 17.3 Å². The van der Waals surface area contributed by atoms with Gasteiger partial charge in [-0.05, 0) is 49.3 Å². The first-order chi connectivity index (χ1) is 14.7. The van der Waals surface area contributed by atoms with Gasteiger partial charge in [-0.15, -0.1) is 0 Å². The van der Waals surface area contributed by atoms with Crippen molar-refractivity contribution in [2.45, 2.75) is 59.4 Å². The van der Waals surface area contributed by atoms with Crippen molar-refractivity contribution in [1.82, 2.24) is 0 Å². The molecule has 0 spiro atoms. The summed E-state index contributed by atoms with van der Waals surface area (Å²) in [5.41, 5.74) is 4.74. The number of hydrogen-bond donors (Lipinski definition) is 1. The van der Waals surface area contributed by atoms with Crippen molar-refractivity contribution < 1.29 is 23.9 Å². The fourth-order valence-corrected chi connectivity index (χ4v) is 5.51. The molecule has 1 N–H and O–H groups in total. The summed E-state index contributed by atoms with van der Waals surface area (Å²) in [6, 6.07) is 2.12. The van der Waals surface area contributed by atoms with E-state index in [0.29, 0.717) is 18.1 Å². The Morgan fingerprint density at radius 2 is 2.13 bits per heavy atom. The zero-order valence-corrected chi connectivity index (χ0v) is 19.8. The van der Waals surface area contributed by atoms with Crippen LogP contribution in [-0.4, -0.2) is 33.3 Å². The van der Waals surface area contributed by atoms with Crippen LogP contribution in [0, 0.1) is 11.3 Å². The van der Waals surface area contributed by atoms with Gasteiger partial charge in [0.05, 0.1) is 32.7 Å². The average molecular weight is 427 g/mol. The Morgan fingerprint density at radius 1 is 1.35 bits per heavy atom. The minimum Gasteiger partial charge on any atom is -0.492 e. The SMILES string of the molecule is COc1c2c(cc3c1[C@H](CC(=O)/C(C)=C/[C@@H]1C(C)=CCCC1(C)C)[NH+](C)CC3)OCO2. The van der Waals surface area contributed by atoms with Crippen LogP contribution in [0.1, 0.15) is 64.1 Å². The highest BCUT2D eigenvalue weighted by Crippen LogP contribution is 2.48. The van der Waals surface area contributed by atoms with Gasteiger partial charge in [0, 0.05) is 12.3 Å². The van der Waals surface area contributed by atoms with E-state index in [1.165, 1.54) is 16.0 Å². The second kappa shape index (κ2) is 8.34. The van der Waals surface area contributed by atoms with E-state index >= 15 is 0 Å². The smallest absolute Gasteiger partial charge is 0.231 e. The number of ether oxygens (including phenoxy) is 3. The van der Waals surface area contributed by atoms with E-state index in [4.69, 9.17) is 14.2 Å². The highest BCUT2D eigenvalue weighted by molar-refractivity contribution is 5.95. The maximum Gasteiger partial charge on any atom is 0.231 e. The highest BCUT2D eigenvalue weighted by atomic mass is 16.7. The maximum absolute atomic E-state index is 13.4. The minimum atomic E-state index is 0.0417. The number of Topliss-reactive ketones (excluding diaryl/α,β-unsaturated/α-hetero) is 1. The van der Waals surface area contributed by atoms with Gasteiger partial charge in [-0.3, -0.25) is 4.79 Å². The lowest BCUT2D eigenvalue weighted by atomic mass is 9.68. The minimum absolute atomic E-state index is 0.0417. The van der Waals surface area contributed by atoms with Crippen LogP contribution in [0.2, 0.25) is 0 Å². The molecule has 2 heterocycles. The van der Waals surface area contributed by atoms with E-state index in [1.54, 1.807) is 7.11 Å². The molecule has 0 radical (unpaired) electrons. The first-order valence-corrected chi connectivity index (χ1v) is 11.4. The van der Waals surface area contributed by atoms with Crippen LogP contribution in [0.25, 0.3) is 0 Å². The summed E-state index contributed by atoms with van der Waals surface area (Å²) in [5.74, 6) is 2.68. The summed E-state index contributed by atoms with van der Waals surface area (Å²) in [5, 5.41) is 0. The molecule has 1 aromatic rings. The first-order valence-electron chi connectivity index (χ1n) is 11.4. The molecule has 5 nitrogen and oxygen atoms in total. The van der Waals surface area contributed by atoms with E-state index < -0.39 is 0 Å². The first kappa shape index (κ1) is 21.9. The Labute approximate surface area is 186 Å². The lowest BCUT2D eigenvalue weighted by Gasteiger charge is -2.37. The molecule has 4 rings (SSSR count). The fraction of sp³-hybridized carbons (Fsp3) is 0.577. The van der Waals surface area contributed by atoms with Crippen molar-refractivity contribution in [1.29, 1.82) is 0 Å². The number of benzene rings is 1. The number of fused-ring (bicyclic) bond motifs is 2. The molecule has 1 unspecified atom stereocenters. The molecule has 2 aliphatic heterocycles. The van der Waals surface area contributed by atoms with Crippen LogP contribution in [0.15, 0.2) is 29.4 Å². The number of quaternary nitrogens is 1. The number of carbonyl (C=O) groups excluding carboxylic acids is 1. The molecule has 0 fully saturated rings. The second-order valence-electron chi connectivity index (χ2n) is 10.0. The van der Waals surface area contributed by atoms with Gasteiger partial charge in [0.25, 0.3) is 0 Å². The summed E-state index contributed by atoms with van der Waals surface area (Å²) in [6.07, 6.45) is 8.22. The number of hydrogen-bond acceptors (Lipinski definition) is 4. The third-order valence-corrected chi connectivity index (χ3v) is 7.51. The molecule has 168 valence electrons. The van der Waals surface area contributed by atoms with Gasteiger partial charge < -0.3 is 19.1 Å². The lowest BCUT2D eigenvalue weighted by Crippen LogP contribution is -3.10. The predicted octanol–water partition coefficient (Wildman–Crippen LogP) is 3.82. The molecule has 31 heavy (non-hydrogen) atoms. The molecular formula is C26H36NO4+. The lowest BCUT2D eigenvalue weighted by molar-refractivity contribution is -0.914. The number of allylic oxidation sites excluding steroid dienone is 4. The van der Waals surface area contributed by atoms with Crippen LogP contribution in [0.5, 0.6) is 17.2 Å². The quantitative estimate of drug-likeness (QED) is 0.574. The Hall–Kier alpha value is -2.27. The number of carbonyl (C=O) groups is 1. The van der Waals surface area contributed by atoms with Crippen LogP contribution < -0.4 is 19.1 Å². The topological polar surface area (TPSA) is 49.2 Å². The third-order valence-electron chi connectivity index (χ3n) is 7.51. The molecule has 0 aromatic heterocycles. The molecule has 0 saturated heterocycles. The van der Waals surface area contributed by atoms with Crippen molar-refractivity contribution in [3.8, 4) is 17.2 Å². The summed E-state index contributed by atoms with van der Waals surface area (Å²) in [7, 11) is 3.84. The zero-order chi connectivity index (χ0) is 22.3.